The van der Waals surface area contributed by atoms with Gasteiger partial charge in [-0.05, 0) is 43.4 Å². The van der Waals surface area contributed by atoms with Gasteiger partial charge in [-0.15, -0.1) is 0 Å². The highest BCUT2D eigenvalue weighted by atomic mass is 79.9. The molecule has 1 fully saturated rings. The van der Waals surface area contributed by atoms with Gasteiger partial charge < -0.3 is 4.90 Å². The van der Waals surface area contributed by atoms with Crippen LogP contribution in [0.25, 0.3) is 0 Å². The first-order valence-electron chi connectivity index (χ1n) is 6.46. The van der Waals surface area contributed by atoms with Crippen LogP contribution in [0.4, 0.5) is 0 Å². The molecule has 102 valence electrons. The Labute approximate surface area is 124 Å². The first-order chi connectivity index (χ1) is 8.99. The van der Waals surface area contributed by atoms with Gasteiger partial charge in [0.05, 0.1) is 21.3 Å². The lowest BCUT2D eigenvalue weighted by atomic mass is 10.1. The van der Waals surface area contributed by atoms with Gasteiger partial charge in [0.15, 0.2) is 0 Å². The van der Waals surface area contributed by atoms with E-state index in [9.17, 15) is 9.00 Å². The molecule has 1 aliphatic heterocycles. The van der Waals surface area contributed by atoms with Crippen molar-refractivity contribution in [1.29, 1.82) is 0 Å². The quantitative estimate of drug-likeness (QED) is 0.847. The molecule has 1 saturated carbocycles. The lowest BCUT2D eigenvalue weighted by molar-refractivity contribution is 0.0695. The van der Waals surface area contributed by atoms with Crippen LogP contribution in [0, 0.1) is 5.92 Å². The van der Waals surface area contributed by atoms with E-state index in [0.717, 1.165) is 10.0 Å². The van der Waals surface area contributed by atoms with Crippen LogP contribution in [-0.4, -0.2) is 27.3 Å². The number of amides is 1. The van der Waals surface area contributed by atoms with E-state index in [2.05, 4.69) is 22.9 Å². The lowest BCUT2D eigenvalue weighted by Crippen LogP contribution is -2.34. The van der Waals surface area contributed by atoms with Crippen molar-refractivity contribution in [3.05, 3.63) is 27.7 Å². The molecule has 0 spiro atoms. The number of carbonyl (C=O) groups excluding carboxylic acids is 1. The summed E-state index contributed by atoms with van der Waals surface area (Å²) < 4.78 is 12.7. The average molecular weight is 342 g/mol. The van der Waals surface area contributed by atoms with Crippen LogP contribution >= 0.6 is 15.9 Å². The predicted octanol–water partition coefficient (Wildman–Crippen LogP) is 2.94. The maximum absolute atomic E-state index is 12.6. The number of rotatable bonds is 3. The monoisotopic (exact) mass is 341 g/mol. The molecule has 1 aromatic rings. The van der Waals surface area contributed by atoms with Crippen LogP contribution < -0.4 is 0 Å². The maximum Gasteiger partial charge on any atom is 0.255 e. The van der Waals surface area contributed by atoms with Crippen LogP contribution in [0.3, 0.4) is 0 Å². The summed E-state index contributed by atoms with van der Waals surface area (Å²) in [7, 11) is -1.14. The fraction of sp³-hybridized carbons (Fsp3) is 0.500. The Balaban J connectivity index is 2.02. The summed E-state index contributed by atoms with van der Waals surface area (Å²) in [5.74, 6) is 0.698. The number of fused-ring (bicyclic) bond motifs is 1. The first kappa shape index (κ1) is 13.3. The summed E-state index contributed by atoms with van der Waals surface area (Å²) in [5.41, 5.74) is 1.66. The van der Waals surface area contributed by atoms with E-state index >= 15 is 0 Å². The molecule has 1 aliphatic carbocycles. The number of nitrogens with zero attached hydrogens (tertiary/aromatic N) is 1. The Morgan fingerprint density at radius 3 is 2.68 bits per heavy atom. The standard InChI is InChI=1S/C14H16BrNO2S/c1-8(9-3-4-9)16-7-10-5-11(15)6-12(19(2)18)13(10)14(16)17/h5-6,8-9H,3-4,7H2,1-2H3/t8-,19-/m0/s1. The molecular weight excluding hydrogens is 326 g/mol. The van der Waals surface area contributed by atoms with E-state index in [4.69, 9.17) is 0 Å². The molecule has 1 heterocycles. The van der Waals surface area contributed by atoms with Gasteiger partial charge in [-0.25, -0.2) is 0 Å². The lowest BCUT2D eigenvalue weighted by Gasteiger charge is -2.24. The summed E-state index contributed by atoms with van der Waals surface area (Å²) in [6, 6.07) is 4.07. The third-order valence-electron chi connectivity index (χ3n) is 4.07. The van der Waals surface area contributed by atoms with Crippen LogP contribution in [-0.2, 0) is 17.3 Å². The second-order valence-electron chi connectivity index (χ2n) is 5.40. The largest absolute Gasteiger partial charge is 0.331 e. The van der Waals surface area contributed by atoms with E-state index < -0.39 is 10.8 Å². The molecule has 3 nitrogen and oxygen atoms in total. The highest BCUT2D eigenvalue weighted by molar-refractivity contribution is 9.10. The van der Waals surface area contributed by atoms with E-state index in [-0.39, 0.29) is 11.9 Å². The summed E-state index contributed by atoms with van der Waals surface area (Å²) >= 11 is 3.44. The van der Waals surface area contributed by atoms with Gasteiger partial charge in [0.25, 0.3) is 5.91 Å². The first-order valence-corrected chi connectivity index (χ1v) is 8.81. The van der Waals surface area contributed by atoms with Crippen LogP contribution in [0.15, 0.2) is 21.5 Å². The van der Waals surface area contributed by atoms with Crippen molar-refractivity contribution in [2.45, 2.75) is 37.2 Å². The van der Waals surface area contributed by atoms with Gasteiger partial charge in [0.1, 0.15) is 0 Å². The van der Waals surface area contributed by atoms with Crippen LogP contribution in [0.2, 0.25) is 0 Å². The molecule has 1 amide bonds. The van der Waals surface area contributed by atoms with Gasteiger partial charge in [-0.3, -0.25) is 9.00 Å². The molecule has 0 radical (unpaired) electrons. The maximum atomic E-state index is 12.6. The minimum absolute atomic E-state index is 0.0482. The van der Waals surface area contributed by atoms with Gasteiger partial charge in [0.2, 0.25) is 0 Å². The van der Waals surface area contributed by atoms with Gasteiger partial charge in [-0.1, -0.05) is 15.9 Å². The summed E-state index contributed by atoms with van der Waals surface area (Å²) in [4.78, 5) is 15.2. The van der Waals surface area contributed by atoms with Crippen molar-refractivity contribution in [2.75, 3.05) is 6.26 Å². The Kier molecular flexibility index (Phi) is 3.29. The van der Waals surface area contributed by atoms with Gasteiger partial charge in [0, 0.05) is 23.3 Å². The zero-order valence-corrected chi connectivity index (χ0v) is 13.4. The summed E-state index contributed by atoms with van der Waals surface area (Å²) in [6.07, 6.45) is 4.07. The van der Waals surface area contributed by atoms with Crippen LogP contribution in [0.1, 0.15) is 35.7 Å². The van der Waals surface area contributed by atoms with Crippen LogP contribution in [0.5, 0.6) is 0 Å². The number of halogens is 1. The molecule has 0 bridgehead atoms. The Bertz CT molecular complexity index is 583. The smallest absolute Gasteiger partial charge is 0.255 e. The molecule has 0 unspecified atom stereocenters. The normalized spacial score (nSPS) is 21.4. The summed E-state index contributed by atoms with van der Waals surface area (Å²) in [5, 5.41) is 0. The highest BCUT2D eigenvalue weighted by Crippen LogP contribution is 2.39. The van der Waals surface area contributed by atoms with Gasteiger partial charge in [-0.2, -0.15) is 0 Å². The minimum atomic E-state index is -1.14. The molecule has 1 aromatic carbocycles. The third-order valence-corrected chi connectivity index (χ3v) is 5.47. The second-order valence-corrected chi connectivity index (χ2v) is 7.67. The average Bonchev–Trinajstić information content (AvgIpc) is 3.13. The Morgan fingerprint density at radius 2 is 2.11 bits per heavy atom. The Hall–Kier alpha value is -0.680. The molecule has 0 N–H and O–H groups in total. The predicted molar refractivity (Wildman–Crippen MR) is 78.5 cm³/mol. The molecule has 5 heteroatoms. The van der Waals surface area contributed by atoms with Crippen molar-refractivity contribution < 1.29 is 9.00 Å². The fourth-order valence-electron chi connectivity index (χ4n) is 2.79. The van der Waals surface area contributed by atoms with Crippen molar-refractivity contribution in [3.63, 3.8) is 0 Å². The summed E-state index contributed by atoms with van der Waals surface area (Å²) in [6.45, 7) is 2.77. The molecular formula is C14H16BrNO2S. The van der Waals surface area contributed by atoms with E-state index in [1.807, 2.05) is 11.0 Å². The molecule has 3 rings (SSSR count). The van der Waals surface area contributed by atoms with Gasteiger partial charge >= 0.3 is 0 Å². The van der Waals surface area contributed by atoms with Crippen molar-refractivity contribution in [2.24, 2.45) is 5.92 Å². The van der Waals surface area contributed by atoms with E-state index in [1.165, 1.54) is 12.8 Å². The highest BCUT2D eigenvalue weighted by Gasteiger charge is 2.39. The zero-order valence-electron chi connectivity index (χ0n) is 11.0. The number of benzene rings is 1. The Morgan fingerprint density at radius 1 is 1.42 bits per heavy atom. The van der Waals surface area contributed by atoms with E-state index in [0.29, 0.717) is 22.9 Å². The molecule has 19 heavy (non-hydrogen) atoms. The molecule has 0 aromatic heterocycles. The molecule has 0 saturated heterocycles. The second kappa shape index (κ2) is 4.70. The van der Waals surface area contributed by atoms with Crippen molar-refractivity contribution >= 4 is 32.6 Å². The SMILES string of the molecule is C[C@@H](C1CC1)N1Cc2cc(Br)cc([S@](C)=O)c2C1=O. The number of hydrogen-bond donors (Lipinski definition) is 0. The van der Waals surface area contributed by atoms with Crippen molar-refractivity contribution in [1.82, 2.24) is 4.90 Å². The topological polar surface area (TPSA) is 37.4 Å². The van der Waals surface area contributed by atoms with E-state index in [1.54, 1.807) is 12.3 Å². The minimum Gasteiger partial charge on any atom is -0.331 e. The fourth-order valence-corrected chi connectivity index (χ4v) is 4.25. The zero-order chi connectivity index (χ0) is 13.7. The molecule has 2 atom stereocenters. The number of hydrogen-bond acceptors (Lipinski definition) is 2. The van der Waals surface area contributed by atoms with Crippen molar-refractivity contribution in [3.8, 4) is 0 Å². The molecule has 2 aliphatic rings. The number of carbonyl (C=O) groups is 1. The third kappa shape index (κ3) is 2.27.